The summed E-state index contributed by atoms with van der Waals surface area (Å²) >= 11 is 0. The van der Waals surface area contributed by atoms with Gasteiger partial charge in [-0.15, -0.1) is 0 Å². The van der Waals surface area contributed by atoms with Gasteiger partial charge in [-0.3, -0.25) is 0 Å². The molecule has 0 aliphatic carbocycles. The van der Waals surface area contributed by atoms with E-state index in [1.54, 1.807) is 18.1 Å². The molecule has 186 valence electrons. The molecule has 0 saturated heterocycles. The van der Waals surface area contributed by atoms with Crippen LogP contribution in [0.2, 0.25) is 0 Å². The second-order valence-corrected chi connectivity index (χ2v) is 8.15. The van der Waals surface area contributed by atoms with Crippen molar-refractivity contribution in [1.82, 2.24) is 4.90 Å². The van der Waals surface area contributed by atoms with E-state index in [2.05, 4.69) is 5.32 Å². The van der Waals surface area contributed by atoms with Crippen molar-refractivity contribution in [3.05, 3.63) is 89.5 Å². The van der Waals surface area contributed by atoms with Gasteiger partial charge < -0.3 is 19.7 Å². The molecule has 3 aromatic rings. The summed E-state index contributed by atoms with van der Waals surface area (Å²) in [5, 5.41) is 2.70. The van der Waals surface area contributed by atoms with Gasteiger partial charge in [0.15, 0.2) is 11.5 Å². The number of carbonyl (C=O) groups is 1. The SMILES string of the molecule is CCC(C)N(Cc1ccc(OC)c(OCc2ccccc2)c1)C(=O)Nc1ccc(C(F)(F)F)cc1. The number of benzene rings is 3. The lowest BCUT2D eigenvalue weighted by Crippen LogP contribution is -2.40. The van der Waals surface area contributed by atoms with Gasteiger partial charge in [0.1, 0.15) is 6.61 Å². The first kappa shape index (κ1) is 25.9. The van der Waals surface area contributed by atoms with Crippen molar-refractivity contribution in [2.24, 2.45) is 0 Å². The van der Waals surface area contributed by atoms with Gasteiger partial charge in [-0.2, -0.15) is 13.2 Å². The average Bonchev–Trinajstić information content (AvgIpc) is 2.86. The predicted octanol–water partition coefficient (Wildman–Crippen LogP) is 7.13. The Labute approximate surface area is 203 Å². The average molecular weight is 487 g/mol. The zero-order valence-electron chi connectivity index (χ0n) is 19.9. The fraction of sp³-hybridized carbons (Fsp3) is 0.296. The van der Waals surface area contributed by atoms with Crippen LogP contribution in [0.1, 0.15) is 37.0 Å². The van der Waals surface area contributed by atoms with Gasteiger partial charge in [0, 0.05) is 18.3 Å². The maximum absolute atomic E-state index is 13.1. The van der Waals surface area contributed by atoms with E-state index in [1.807, 2.05) is 56.3 Å². The summed E-state index contributed by atoms with van der Waals surface area (Å²) in [7, 11) is 1.56. The van der Waals surface area contributed by atoms with Crippen LogP contribution >= 0.6 is 0 Å². The Hall–Kier alpha value is -3.68. The van der Waals surface area contributed by atoms with Crippen LogP contribution in [0, 0.1) is 0 Å². The fourth-order valence-corrected chi connectivity index (χ4v) is 3.45. The quantitative estimate of drug-likeness (QED) is 0.350. The highest BCUT2D eigenvalue weighted by molar-refractivity contribution is 5.89. The summed E-state index contributed by atoms with van der Waals surface area (Å²) in [5.41, 5.74) is 1.36. The van der Waals surface area contributed by atoms with Crippen LogP contribution in [0.5, 0.6) is 11.5 Å². The van der Waals surface area contributed by atoms with Crippen LogP contribution in [0.15, 0.2) is 72.8 Å². The van der Waals surface area contributed by atoms with Crippen molar-refractivity contribution in [2.75, 3.05) is 12.4 Å². The number of rotatable bonds is 9. The number of alkyl halides is 3. The van der Waals surface area contributed by atoms with E-state index < -0.39 is 17.8 Å². The van der Waals surface area contributed by atoms with Gasteiger partial charge in [-0.25, -0.2) is 4.79 Å². The largest absolute Gasteiger partial charge is 0.493 e. The zero-order chi connectivity index (χ0) is 25.4. The number of hydrogen-bond donors (Lipinski definition) is 1. The van der Waals surface area contributed by atoms with Gasteiger partial charge in [0.25, 0.3) is 0 Å². The first-order chi connectivity index (χ1) is 16.7. The number of ether oxygens (including phenoxy) is 2. The highest BCUT2D eigenvalue weighted by Crippen LogP contribution is 2.31. The molecule has 0 saturated carbocycles. The van der Waals surface area contributed by atoms with E-state index in [0.29, 0.717) is 24.5 Å². The molecular formula is C27H29F3N2O3. The second kappa shape index (κ2) is 11.6. The van der Waals surface area contributed by atoms with Gasteiger partial charge >= 0.3 is 12.2 Å². The molecule has 1 unspecified atom stereocenters. The van der Waals surface area contributed by atoms with Gasteiger partial charge in [0.05, 0.1) is 12.7 Å². The maximum atomic E-state index is 13.1. The molecule has 1 atom stereocenters. The Morgan fingerprint density at radius 1 is 0.971 bits per heavy atom. The number of nitrogens with zero attached hydrogens (tertiary/aromatic N) is 1. The summed E-state index contributed by atoms with van der Waals surface area (Å²) in [6.07, 6.45) is -3.73. The van der Waals surface area contributed by atoms with Gasteiger partial charge in [0.2, 0.25) is 0 Å². The molecular weight excluding hydrogens is 457 g/mol. The minimum absolute atomic E-state index is 0.111. The predicted molar refractivity (Wildman–Crippen MR) is 130 cm³/mol. The zero-order valence-corrected chi connectivity index (χ0v) is 19.9. The Morgan fingerprint density at radius 3 is 2.26 bits per heavy atom. The molecule has 0 aromatic heterocycles. The highest BCUT2D eigenvalue weighted by atomic mass is 19.4. The highest BCUT2D eigenvalue weighted by Gasteiger charge is 2.30. The number of methoxy groups -OCH3 is 1. The smallest absolute Gasteiger partial charge is 0.416 e. The third-order valence-corrected chi connectivity index (χ3v) is 5.67. The van der Waals surface area contributed by atoms with Crippen molar-refractivity contribution in [1.29, 1.82) is 0 Å². The molecule has 1 N–H and O–H groups in total. The molecule has 2 amide bonds. The summed E-state index contributed by atoms with van der Waals surface area (Å²) in [6.45, 7) is 4.53. The molecule has 0 fully saturated rings. The number of nitrogens with one attached hydrogen (secondary N) is 1. The molecule has 0 spiro atoms. The Morgan fingerprint density at radius 2 is 1.66 bits per heavy atom. The van der Waals surface area contributed by atoms with Gasteiger partial charge in [-0.05, 0) is 60.9 Å². The number of urea groups is 1. The standard InChI is InChI=1S/C27H29F3N2O3/c1-4-19(2)32(26(33)31-23-13-11-22(12-14-23)27(28,29)30)17-21-10-15-24(34-3)25(16-21)35-18-20-8-6-5-7-9-20/h5-16,19H,4,17-18H2,1-3H3,(H,31,33). The summed E-state index contributed by atoms with van der Waals surface area (Å²) in [4.78, 5) is 14.7. The topological polar surface area (TPSA) is 50.8 Å². The van der Waals surface area contributed by atoms with Crippen LogP contribution in [-0.4, -0.2) is 24.1 Å². The lowest BCUT2D eigenvalue weighted by atomic mass is 10.1. The van der Waals surface area contributed by atoms with Crippen molar-refractivity contribution < 1.29 is 27.4 Å². The van der Waals surface area contributed by atoms with E-state index in [0.717, 1.165) is 23.3 Å². The Kier molecular flexibility index (Phi) is 8.63. The molecule has 0 heterocycles. The first-order valence-corrected chi connectivity index (χ1v) is 11.3. The Bertz CT molecular complexity index is 1100. The van der Waals surface area contributed by atoms with Crippen molar-refractivity contribution in [2.45, 2.75) is 45.6 Å². The van der Waals surface area contributed by atoms with Crippen molar-refractivity contribution >= 4 is 11.7 Å². The molecule has 0 bridgehead atoms. The first-order valence-electron chi connectivity index (χ1n) is 11.3. The number of hydrogen-bond acceptors (Lipinski definition) is 3. The molecule has 3 aromatic carbocycles. The molecule has 3 rings (SSSR count). The van der Waals surface area contributed by atoms with Crippen LogP contribution in [0.4, 0.5) is 23.7 Å². The molecule has 5 nitrogen and oxygen atoms in total. The van der Waals surface area contributed by atoms with Crippen LogP contribution in [0.25, 0.3) is 0 Å². The molecule has 0 aliphatic heterocycles. The monoisotopic (exact) mass is 486 g/mol. The lowest BCUT2D eigenvalue weighted by molar-refractivity contribution is -0.137. The molecule has 0 aliphatic rings. The van der Waals surface area contributed by atoms with E-state index in [4.69, 9.17) is 9.47 Å². The summed E-state index contributed by atoms with van der Waals surface area (Å²) in [5.74, 6) is 1.13. The van der Waals surface area contributed by atoms with Crippen LogP contribution < -0.4 is 14.8 Å². The normalized spacial score (nSPS) is 12.1. The van der Waals surface area contributed by atoms with Gasteiger partial charge in [-0.1, -0.05) is 43.3 Å². The fourth-order valence-electron chi connectivity index (χ4n) is 3.45. The van der Waals surface area contributed by atoms with E-state index in [9.17, 15) is 18.0 Å². The second-order valence-electron chi connectivity index (χ2n) is 8.15. The number of halogens is 3. The van der Waals surface area contributed by atoms with Crippen LogP contribution in [0.3, 0.4) is 0 Å². The Balaban J connectivity index is 1.75. The molecule has 8 heteroatoms. The van der Waals surface area contributed by atoms with Crippen molar-refractivity contribution in [3.8, 4) is 11.5 Å². The number of carbonyl (C=O) groups excluding carboxylic acids is 1. The third kappa shape index (κ3) is 7.15. The van der Waals surface area contributed by atoms with E-state index >= 15 is 0 Å². The minimum atomic E-state index is -4.43. The van der Waals surface area contributed by atoms with E-state index in [1.165, 1.54) is 12.1 Å². The summed E-state index contributed by atoms with van der Waals surface area (Å²) < 4.78 is 49.9. The number of anilines is 1. The third-order valence-electron chi connectivity index (χ3n) is 5.67. The minimum Gasteiger partial charge on any atom is -0.493 e. The van der Waals surface area contributed by atoms with E-state index in [-0.39, 0.29) is 18.3 Å². The number of amides is 2. The molecule has 0 radical (unpaired) electrons. The summed E-state index contributed by atoms with van der Waals surface area (Å²) in [6, 6.07) is 19.1. The lowest BCUT2D eigenvalue weighted by Gasteiger charge is -2.29. The van der Waals surface area contributed by atoms with Crippen LogP contribution in [-0.2, 0) is 19.3 Å². The maximum Gasteiger partial charge on any atom is 0.416 e. The molecule has 35 heavy (non-hydrogen) atoms. The van der Waals surface area contributed by atoms with Crippen molar-refractivity contribution in [3.63, 3.8) is 0 Å².